The van der Waals surface area contributed by atoms with Crippen molar-refractivity contribution >= 4 is 39.6 Å². The third kappa shape index (κ3) is 5.69. The fourth-order valence-corrected chi connectivity index (χ4v) is 7.00. The lowest BCUT2D eigenvalue weighted by Gasteiger charge is -2.21. The van der Waals surface area contributed by atoms with Crippen LogP contribution in [0.15, 0.2) is 52.1 Å². The molecule has 0 N–H and O–H groups in total. The number of methoxy groups -OCH3 is 2. The van der Waals surface area contributed by atoms with E-state index in [0.29, 0.717) is 35.4 Å². The lowest BCUT2D eigenvalue weighted by Crippen LogP contribution is -2.31. The van der Waals surface area contributed by atoms with Gasteiger partial charge in [0, 0.05) is 47.7 Å². The van der Waals surface area contributed by atoms with Crippen molar-refractivity contribution in [1.82, 2.24) is 24.5 Å². The van der Waals surface area contributed by atoms with E-state index in [-0.39, 0.29) is 12.0 Å². The van der Waals surface area contributed by atoms with Crippen LogP contribution in [0.5, 0.6) is 5.19 Å². The second kappa shape index (κ2) is 11.9. The van der Waals surface area contributed by atoms with Crippen LogP contribution in [-0.4, -0.2) is 57.7 Å². The molecule has 1 aliphatic carbocycles. The smallest absolute Gasteiger partial charge is 0.294 e. The average Bonchev–Trinajstić information content (AvgIpc) is 3.80. The van der Waals surface area contributed by atoms with E-state index in [9.17, 15) is 4.79 Å². The van der Waals surface area contributed by atoms with E-state index in [2.05, 4.69) is 10.1 Å². The summed E-state index contributed by atoms with van der Waals surface area (Å²) in [6, 6.07) is 9.77. The number of imidazole rings is 1. The van der Waals surface area contributed by atoms with E-state index in [1.807, 2.05) is 52.9 Å². The predicted molar refractivity (Wildman–Crippen MR) is 164 cm³/mol. The van der Waals surface area contributed by atoms with Crippen LogP contribution in [0.4, 0.5) is 0 Å². The van der Waals surface area contributed by atoms with Crippen LogP contribution in [-0.2, 0) is 16.1 Å². The van der Waals surface area contributed by atoms with Gasteiger partial charge in [0.1, 0.15) is 22.2 Å². The quantitative estimate of drug-likeness (QED) is 0.186. The minimum absolute atomic E-state index is 0.116. The topological polar surface area (TPSA) is 104 Å². The molecule has 10 nitrogen and oxygen atoms in total. The van der Waals surface area contributed by atoms with Crippen molar-refractivity contribution in [2.24, 2.45) is 0 Å². The Morgan fingerprint density at radius 3 is 2.63 bits per heavy atom. The van der Waals surface area contributed by atoms with Gasteiger partial charge in [-0.1, -0.05) is 25.0 Å². The van der Waals surface area contributed by atoms with Gasteiger partial charge in [0.2, 0.25) is 4.96 Å². The van der Waals surface area contributed by atoms with Crippen LogP contribution in [0.25, 0.3) is 33.1 Å². The van der Waals surface area contributed by atoms with Crippen LogP contribution in [0.3, 0.4) is 0 Å². The summed E-state index contributed by atoms with van der Waals surface area (Å²) < 4.78 is 25.0. The van der Waals surface area contributed by atoms with Crippen molar-refractivity contribution in [3.63, 3.8) is 0 Å². The van der Waals surface area contributed by atoms with Crippen molar-refractivity contribution in [2.75, 3.05) is 27.3 Å². The molecule has 4 aromatic heterocycles. The molecule has 1 unspecified atom stereocenters. The molecular formula is C31H31N5O5S2. The molecule has 0 radical (unpaired) electrons. The minimum Gasteiger partial charge on any atom is -0.501 e. The number of aromatic nitrogens is 4. The number of rotatable bonds is 8. The first-order valence-electron chi connectivity index (χ1n) is 14.3. The molecule has 0 bridgehead atoms. The Kier molecular flexibility index (Phi) is 7.72. The summed E-state index contributed by atoms with van der Waals surface area (Å²) in [5.41, 5.74) is 4.19. The Hall–Kier alpha value is -4.00. The summed E-state index contributed by atoms with van der Waals surface area (Å²) in [4.78, 5) is 25.1. The van der Waals surface area contributed by atoms with E-state index < -0.39 is 0 Å². The summed E-state index contributed by atoms with van der Waals surface area (Å²) >= 11 is 2.93. The lowest BCUT2D eigenvalue weighted by molar-refractivity contribution is 0.0275. The second-order valence-electron chi connectivity index (χ2n) is 10.6. The predicted octanol–water partition coefficient (Wildman–Crippen LogP) is 6.85. The molecule has 1 fully saturated rings. The number of amides is 1. The molecule has 0 spiro atoms. The first-order valence-corrected chi connectivity index (χ1v) is 16.0. The zero-order valence-corrected chi connectivity index (χ0v) is 25.6. The number of hydrogen-bond donors (Lipinski definition) is 0. The van der Waals surface area contributed by atoms with Gasteiger partial charge in [-0.3, -0.25) is 4.79 Å². The van der Waals surface area contributed by atoms with E-state index >= 15 is 0 Å². The summed E-state index contributed by atoms with van der Waals surface area (Å²) in [5.74, 6) is 2.23. The third-order valence-corrected chi connectivity index (χ3v) is 9.61. The molecule has 2 aliphatic rings. The average molecular weight is 618 g/mol. The molecule has 1 atom stereocenters. The number of ether oxygens (including phenoxy) is 3. The maximum atomic E-state index is 13.0. The van der Waals surface area contributed by atoms with Crippen molar-refractivity contribution < 1.29 is 23.4 Å². The molecule has 5 heterocycles. The summed E-state index contributed by atoms with van der Waals surface area (Å²) in [6.07, 6.45) is 8.62. The molecule has 5 aromatic rings. The highest BCUT2D eigenvalue weighted by Crippen LogP contribution is 2.40. The highest BCUT2D eigenvalue weighted by Gasteiger charge is 2.28. The standard InChI is InChI=1S/C31H31N5O5S2/c1-38-22-13-25(23-15-27(41-26(23)14-22)24-16-36-30(33-24)43-31(34-36)39-2)40-17-21-18-42-28(32-21)19-7-9-20(10-8-19)29(37)35-11-5-3-4-6-12-35/h7-10,14-16,18,25H,3-6,11-13,17H2,1-2H3. The number of likely N-dealkylation sites (tertiary alicyclic amines) is 1. The van der Waals surface area contributed by atoms with Crippen LogP contribution in [0.2, 0.25) is 0 Å². The number of nitrogens with zero attached hydrogens (tertiary/aromatic N) is 5. The molecule has 1 aromatic carbocycles. The van der Waals surface area contributed by atoms with E-state index in [0.717, 1.165) is 64.0 Å². The van der Waals surface area contributed by atoms with Gasteiger partial charge in [-0.05, 0) is 42.4 Å². The number of carbonyl (C=O) groups is 1. The van der Waals surface area contributed by atoms with Crippen molar-refractivity contribution in [1.29, 1.82) is 0 Å². The second-order valence-corrected chi connectivity index (χ2v) is 12.4. The molecule has 1 aliphatic heterocycles. The molecule has 12 heteroatoms. The van der Waals surface area contributed by atoms with E-state index in [1.54, 1.807) is 30.1 Å². The van der Waals surface area contributed by atoms with Crippen LogP contribution in [0.1, 0.15) is 65.6 Å². The van der Waals surface area contributed by atoms with E-state index in [1.165, 1.54) is 24.2 Å². The zero-order chi connectivity index (χ0) is 29.3. The third-order valence-electron chi connectivity index (χ3n) is 7.79. The monoisotopic (exact) mass is 617 g/mol. The zero-order valence-electron chi connectivity index (χ0n) is 23.9. The number of hydrogen-bond acceptors (Lipinski definition) is 10. The Balaban J connectivity index is 1.04. The number of carbonyl (C=O) groups excluding carboxylic acids is 1. The molecular weight excluding hydrogens is 587 g/mol. The Labute approximate surface area is 256 Å². The SMILES string of the molecule is COC1=Cc2oc(-c3cn4nc(OC)sc4n3)cc2C(OCc2csc(-c3ccc(C(=O)N4CCCCCC4)cc3)n2)C1. The van der Waals surface area contributed by atoms with Crippen LogP contribution in [0, 0.1) is 0 Å². The van der Waals surface area contributed by atoms with Crippen LogP contribution >= 0.6 is 22.7 Å². The van der Waals surface area contributed by atoms with Gasteiger partial charge in [-0.2, -0.15) is 0 Å². The fraction of sp³-hybridized carbons (Fsp3) is 0.355. The van der Waals surface area contributed by atoms with Crippen molar-refractivity contribution in [3.8, 4) is 27.2 Å². The summed E-state index contributed by atoms with van der Waals surface area (Å²) in [6.45, 7) is 2.03. The number of fused-ring (bicyclic) bond motifs is 2. The first kappa shape index (κ1) is 27.8. The van der Waals surface area contributed by atoms with Gasteiger partial charge in [-0.15, -0.1) is 16.4 Å². The van der Waals surface area contributed by atoms with Crippen molar-refractivity contribution in [3.05, 3.63) is 70.2 Å². The first-order chi connectivity index (χ1) is 21.1. The highest BCUT2D eigenvalue weighted by atomic mass is 32.1. The minimum atomic E-state index is -0.260. The Morgan fingerprint density at radius 2 is 1.88 bits per heavy atom. The Bertz CT molecular complexity index is 1740. The van der Waals surface area contributed by atoms with Crippen LogP contribution < -0.4 is 4.74 Å². The van der Waals surface area contributed by atoms with Gasteiger partial charge in [0.05, 0.1) is 38.8 Å². The molecule has 7 rings (SSSR count). The van der Waals surface area contributed by atoms with Gasteiger partial charge < -0.3 is 23.5 Å². The fourth-order valence-electron chi connectivity index (χ4n) is 5.49. The van der Waals surface area contributed by atoms with Gasteiger partial charge in [0.25, 0.3) is 11.1 Å². The maximum Gasteiger partial charge on any atom is 0.294 e. The van der Waals surface area contributed by atoms with Gasteiger partial charge in [-0.25, -0.2) is 14.5 Å². The molecule has 1 amide bonds. The van der Waals surface area contributed by atoms with E-state index in [4.69, 9.17) is 23.6 Å². The van der Waals surface area contributed by atoms with Gasteiger partial charge in [0.15, 0.2) is 5.76 Å². The highest BCUT2D eigenvalue weighted by molar-refractivity contribution is 7.18. The summed E-state index contributed by atoms with van der Waals surface area (Å²) in [7, 11) is 3.24. The van der Waals surface area contributed by atoms with Crippen molar-refractivity contribution in [2.45, 2.75) is 44.8 Å². The molecule has 222 valence electrons. The van der Waals surface area contributed by atoms with Gasteiger partial charge >= 0.3 is 0 Å². The molecule has 1 saturated heterocycles. The Morgan fingerprint density at radius 1 is 1.07 bits per heavy atom. The lowest BCUT2D eigenvalue weighted by atomic mass is 9.99. The maximum absolute atomic E-state index is 13.0. The number of thiazole rings is 1. The normalized spacial score (nSPS) is 17.0. The number of benzene rings is 1. The molecule has 0 saturated carbocycles. The molecule has 43 heavy (non-hydrogen) atoms. The summed E-state index contributed by atoms with van der Waals surface area (Å²) in [5, 5.41) is 7.81. The number of furan rings is 1. The largest absolute Gasteiger partial charge is 0.501 e.